The number of amides is 2. The third-order valence-electron chi connectivity index (χ3n) is 6.50. The molecule has 0 aliphatic carbocycles. The van der Waals surface area contributed by atoms with Crippen molar-refractivity contribution >= 4 is 17.7 Å². The summed E-state index contributed by atoms with van der Waals surface area (Å²) in [6.45, 7) is 2.73. The zero-order valence-corrected chi connectivity index (χ0v) is 23.0. The number of methoxy groups -OCH3 is 2. The summed E-state index contributed by atoms with van der Waals surface area (Å²) in [4.78, 5) is 27.1. The van der Waals surface area contributed by atoms with Crippen molar-refractivity contribution in [1.29, 1.82) is 0 Å². The van der Waals surface area contributed by atoms with Gasteiger partial charge in [0.05, 0.1) is 13.2 Å². The van der Waals surface area contributed by atoms with Crippen LogP contribution in [0.1, 0.15) is 24.6 Å². The van der Waals surface area contributed by atoms with Crippen molar-refractivity contribution < 1.29 is 34.7 Å². The third kappa shape index (κ3) is 8.21. The highest BCUT2D eigenvalue weighted by Gasteiger charge is 2.25. The van der Waals surface area contributed by atoms with Gasteiger partial charge in [-0.05, 0) is 41.5 Å². The minimum absolute atomic E-state index is 0. The fraction of sp³-hybridized carbons (Fsp3) is 0.355. The lowest BCUT2D eigenvalue weighted by atomic mass is 9.99. The van der Waals surface area contributed by atoms with Crippen LogP contribution in [0.25, 0.3) is 11.1 Å². The topological polar surface area (TPSA) is 95.6 Å². The SMILES string of the molecule is COCCOC(=O)N1CCC(Oc2cccc(NC(=O)c3ccccc3-c3ccc(OCCOC)cc3)c2)CC1.[HH]. The summed E-state index contributed by atoms with van der Waals surface area (Å²) < 4.78 is 27.0. The Balaban J connectivity index is 0.00000462. The molecule has 1 N–H and O–H groups in total. The van der Waals surface area contributed by atoms with Crippen LogP contribution in [0.2, 0.25) is 0 Å². The minimum atomic E-state index is -0.327. The first-order valence-corrected chi connectivity index (χ1v) is 13.4. The van der Waals surface area contributed by atoms with E-state index in [1.807, 2.05) is 72.8 Å². The molecule has 0 aromatic heterocycles. The van der Waals surface area contributed by atoms with Gasteiger partial charge in [-0.15, -0.1) is 0 Å². The maximum Gasteiger partial charge on any atom is 0.409 e. The Morgan fingerprint density at radius 3 is 2.33 bits per heavy atom. The average molecular weight is 551 g/mol. The van der Waals surface area contributed by atoms with Crippen LogP contribution < -0.4 is 14.8 Å². The molecule has 3 aromatic carbocycles. The second-order valence-electron chi connectivity index (χ2n) is 9.30. The second kappa shape index (κ2) is 14.9. The number of likely N-dealkylation sites (tertiary alicyclic amines) is 1. The number of anilines is 1. The van der Waals surface area contributed by atoms with E-state index in [1.165, 1.54) is 0 Å². The predicted molar refractivity (Wildman–Crippen MR) is 154 cm³/mol. The van der Waals surface area contributed by atoms with Crippen LogP contribution >= 0.6 is 0 Å². The van der Waals surface area contributed by atoms with E-state index in [0.717, 1.165) is 16.9 Å². The number of hydrogen-bond acceptors (Lipinski definition) is 7. The Bertz CT molecular complexity index is 1250. The molecule has 1 heterocycles. The number of nitrogens with one attached hydrogen (secondary N) is 1. The first-order valence-electron chi connectivity index (χ1n) is 13.4. The molecule has 1 aliphatic heterocycles. The molecule has 1 fully saturated rings. The van der Waals surface area contributed by atoms with Crippen LogP contribution in [-0.2, 0) is 14.2 Å². The molecule has 0 spiro atoms. The van der Waals surface area contributed by atoms with Gasteiger partial charge in [0.2, 0.25) is 0 Å². The van der Waals surface area contributed by atoms with Crippen molar-refractivity contribution in [3.8, 4) is 22.6 Å². The monoisotopic (exact) mass is 550 g/mol. The molecule has 3 aromatic rings. The molecule has 0 saturated carbocycles. The summed E-state index contributed by atoms with van der Waals surface area (Å²) in [6.07, 6.45) is 1.03. The highest BCUT2D eigenvalue weighted by molar-refractivity contribution is 6.08. The lowest BCUT2D eigenvalue weighted by Gasteiger charge is -2.31. The number of rotatable bonds is 12. The number of carbonyl (C=O) groups excluding carboxylic acids is 2. The molecule has 0 unspecified atom stereocenters. The number of nitrogens with zero attached hydrogens (tertiary/aromatic N) is 1. The maximum absolute atomic E-state index is 13.3. The summed E-state index contributed by atoms with van der Waals surface area (Å²) in [6, 6.07) is 22.5. The van der Waals surface area contributed by atoms with Gasteiger partial charge in [-0.25, -0.2) is 4.79 Å². The molecule has 1 saturated heterocycles. The third-order valence-corrected chi connectivity index (χ3v) is 6.50. The van der Waals surface area contributed by atoms with Gasteiger partial charge in [0.1, 0.15) is 30.8 Å². The van der Waals surface area contributed by atoms with Gasteiger partial charge in [-0.3, -0.25) is 4.79 Å². The summed E-state index contributed by atoms with van der Waals surface area (Å²) in [5.41, 5.74) is 2.93. The van der Waals surface area contributed by atoms with Gasteiger partial charge in [-0.2, -0.15) is 0 Å². The van der Waals surface area contributed by atoms with Crippen molar-refractivity contribution in [2.45, 2.75) is 18.9 Å². The fourth-order valence-electron chi connectivity index (χ4n) is 4.40. The molecule has 9 nitrogen and oxygen atoms in total. The maximum atomic E-state index is 13.3. The van der Waals surface area contributed by atoms with Crippen LogP contribution in [0.5, 0.6) is 11.5 Å². The van der Waals surface area contributed by atoms with E-state index in [9.17, 15) is 9.59 Å². The fourth-order valence-corrected chi connectivity index (χ4v) is 4.40. The number of carbonyl (C=O) groups is 2. The number of benzene rings is 3. The minimum Gasteiger partial charge on any atom is -0.491 e. The summed E-state index contributed by atoms with van der Waals surface area (Å²) in [5.74, 6) is 1.19. The Labute approximate surface area is 236 Å². The Hall–Kier alpha value is -4.08. The molecular formula is C31H38N2O7. The van der Waals surface area contributed by atoms with Gasteiger partial charge >= 0.3 is 6.09 Å². The second-order valence-corrected chi connectivity index (χ2v) is 9.30. The highest BCUT2D eigenvalue weighted by Crippen LogP contribution is 2.28. The van der Waals surface area contributed by atoms with Crippen molar-refractivity contribution in [2.24, 2.45) is 0 Å². The zero-order chi connectivity index (χ0) is 28.2. The van der Waals surface area contributed by atoms with Crippen LogP contribution in [0.3, 0.4) is 0 Å². The van der Waals surface area contributed by atoms with E-state index in [2.05, 4.69) is 5.32 Å². The summed E-state index contributed by atoms with van der Waals surface area (Å²) >= 11 is 0. The molecule has 0 bridgehead atoms. The van der Waals surface area contributed by atoms with Gasteiger partial charge < -0.3 is 33.9 Å². The molecule has 9 heteroatoms. The van der Waals surface area contributed by atoms with E-state index >= 15 is 0 Å². The quantitative estimate of drug-likeness (QED) is 0.297. The van der Waals surface area contributed by atoms with Crippen LogP contribution in [-0.4, -0.2) is 76.7 Å². The van der Waals surface area contributed by atoms with Gasteiger partial charge in [0.25, 0.3) is 5.91 Å². The average Bonchev–Trinajstić information content (AvgIpc) is 2.98. The van der Waals surface area contributed by atoms with Gasteiger partial charge in [-0.1, -0.05) is 36.4 Å². The van der Waals surface area contributed by atoms with Gasteiger partial charge in [0, 0.05) is 58.9 Å². The molecule has 1 aliphatic rings. The Morgan fingerprint density at radius 1 is 0.850 bits per heavy atom. The van der Waals surface area contributed by atoms with Crippen molar-refractivity contribution in [3.63, 3.8) is 0 Å². The Kier molecular flexibility index (Phi) is 10.8. The van der Waals surface area contributed by atoms with Crippen molar-refractivity contribution in [3.05, 3.63) is 78.4 Å². The highest BCUT2D eigenvalue weighted by atomic mass is 16.6. The lowest BCUT2D eigenvalue weighted by Crippen LogP contribution is -2.42. The van der Waals surface area contributed by atoms with Crippen molar-refractivity contribution in [1.82, 2.24) is 4.90 Å². The molecule has 0 atom stereocenters. The number of hydrogen-bond donors (Lipinski definition) is 1. The van der Waals surface area contributed by atoms with Gasteiger partial charge in [0.15, 0.2) is 0 Å². The van der Waals surface area contributed by atoms with Crippen LogP contribution in [0.15, 0.2) is 72.8 Å². The molecule has 214 valence electrons. The number of ether oxygens (including phenoxy) is 5. The van der Waals surface area contributed by atoms with Crippen molar-refractivity contribution in [2.75, 3.05) is 59.1 Å². The molecule has 4 rings (SSSR count). The normalized spacial score (nSPS) is 13.5. The largest absolute Gasteiger partial charge is 0.491 e. The Morgan fingerprint density at radius 2 is 1.57 bits per heavy atom. The van der Waals surface area contributed by atoms with Crippen LogP contribution in [0.4, 0.5) is 10.5 Å². The molecule has 40 heavy (non-hydrogen) atoms. The van der Waals surface area contributed by atoms with E-state index in [-0.39, 0.29) is 26.1 Å². The van der Waals surface area contributed by atoms with Crippen LogP contribution in [0, 0.1) is 0 Å². The summed E-state index contributed by atoms with van der Waals surface area (Å²) in [5, 5.41) is 3.00. The molecule has 2 amide bonds. The lowest BCUT2D eigenvalue weighted by molar-refractivity contribution is 0.0515. The summed E-state index contributed by atoms with van der Waals surface area (Å²) in [7, 11) is 3.20. The first-order chi connectivity index (χ1) is 19.6. The van der Waals surface area contributed by atoms with E-state index in [0.29, 0.717) is 62.8 Å². The van der Waals surface area contributed by atoms with E-state index < -0.39 is 0 Å². The molecular weight excluding hydrogens is 512 g/mol. The standard InChI is InChI=1S/C31H36N2O7.H2/c1-36-18-20-38-25-12-10-23(11-13-25)28-8-3-4-9-29(28)30(34)32-24-6-5-7-27(22-24)40-26-14-16-33(17-15-26)31(35)39-21-19-37-2;/h3-13,22,26H,14-21H2,1-2H3,(H,32,34);1H. The smallest absolute Gasteiger partial charge is 0.409 e. The first kappa shape index (κ1) is 28.9. The zero-order valence-electron chi connectivity index (χ0n) is 23.0. The molecule has 0 radical (unpaired) electrons. The van der Waals surface area contributed by atoms with E-state index in [4.69, 9.17) is 23.7 Å². The van der Waals surface area contributed by atoms with E-state index in [1.54, 1.807) is 19.1 Å². The number of piperidine rings is 1. The predicted octanol–water partition coefficient (Wildman–Crippen LogP) is 5.50.